The summed E-state index contributed by atoms with van der Waals surface area (Å²) in [4.78, 5) is 39.0. The fraction of sp³-hybridized carbons (Fsp3) is 0.316. The number of hydrogen-bond acceptors (Lipinski definition) is 5. The van der Waals surface area contributed by atoms with Crippen molar-refractivity contribution in [2.75, 3.05) is 6.61 Å². The fourth-order valence-corrected chi connectivity index (χ4v) is 4.57. The van der Waals surface area contributed by atoms with Crippen molar-refractivity contribution in [3.63, 3.8) is 0 Å². The summed E-state index contributed by atoms with van der Waals surface area (Å²) in [6.45, 7) is 0.852. The summed E-state index contributed by atoms with van der Waals surface area (Å²) in [7, 11) is 0. The van der Waals surface area contributed by atoms with Crippen LogP contribution in [0, 0.1) is 12.8 Å². The quantitative estimate of drug-likeness (QED) is 0.722. The van der Waals surface area contributed by atoms with Crippen LogP contribution in [-0.2, 0) is 9.59 Å². The Morgan fingerprint density at radius 2 is 1.89 bits per heavy atom. The molecule has 1 fully saturated rings. The van der Waals surface area contributed by atoms with Crippen LogP contribution in [0.25, 0.3) is 0 Å². The van der Waals surface area contributed by atoms with Gasteiger partial charge in [-0.25, -0.2) is 4.79 Å². The molecule has 1 saturated heterocycles. The van der Waals surface area contributed by atoms with E-state index in [1.807, 2.05) is 0 Å². The first-order valence-corrected chi connectivity index (χ1v) is 9.21. The highest BCUT2D eigenvalue weighted by atomic mass is 32.1. The van der Waals surface area contributed by atoms with E-state index in [0.717, 1.165) is 4.90 Å². The zero-order valence-electron chi connectivity index (χ0n) is 14.5. The van der Waals surface area contributed by atoms with Crippen LogP contribution >= 0.6 is 11.3 Å². The highest BCUT2D eigenvalue weighted by molar-refractivity contribution is 7.10. The molecule has 0 radical (unpaired) electrons. The first kappa shape index (κ1) is 19.1. The third-order valence-electron chi connectivity index (χ3n) is 5.08. The van der Waals surface area contributed by atoms with Crippen molar-refractivity contribution in [2.24, 2.45) is 5.92 Å². The normalized spacial score (nSPS) is 24.7. The summed E-state index contributed by atoms with van der Waals surface area (Å²) in [6, 6.07) is 9.13. The van der Waals surface area contributed by atoms with Crippen LogP contribution in [0.4, 0.5) is 0 Å². The number of aliphatic hydroxyl groups excluding tert-OH is 1. The highest BCUT2D eigenvalue weighted by Gasteiger charge is 2.61. The Morgan fingerprint density at radius 1 is 1.19 bits per heavy atom. The van der Waals surface area contributed by atoms with Crippen molar-refractivity contribution in [1.29, 1.82) is 0 Å². The predicted octanol–water partition coefficient (Wildman–Crippen LogP) is 2.16. The van der Waals surface area contributed by atoms with Crippen molar-refractivity contribution in [3.8, 4) is 0 Å². The van der Waals surface area contributed by atoms with Crippen molar-refractivity contribution in [2.45, 2.75) is 24.9 Å². The number of likely N-dealkylation sites (tertiary alicyclic amines) is 1. The molecule has 3 unspecified atom stereocenters. The third-order valence-corrected chi connectivity index (χ3v) is 6.03. The molecule has 0 bridgehead atoms. The van der Waals surface area contributed by atoms with E-state index in [4.69, 9.17) is 0 Å². The van der Waals surface area contributed by atoms with Crippen molar-refractivity contribution in [3.05, 3.63) is 57.8 Å². The molecular weight excluding hydrogens is 370 g/mol. The monoisotopic (exact) mass is 389 g/mol. The molecule has 27 heavy (non-hydrogen) atoms. The molecule has 1 aromatic heterocycles. The molecule has 2 heterocycles. The van der Waals surface area contributed by atoms with E-state index in [2.05, 4.69) is 0 Å². The molecule has 0 spiro atoms. The number of thiophene rings is 1. The molecule has 3 rings (SSSR count). The van der Waals surface area contributed by atoms with Gasteiger partial charge in [-0.05, 0) is 36.4 Å². The van der Waals surface area contributed by atoms with Crippen molar-refractivity contribution in [1.82, 2.24) is 4.90 Å². The number of aliphatic carboxylic acids is 2. The van der Waals surface area contributed by atoms with E-state index in [-0.39, 0.29) is 12.0 Å². The molecule has 0 aliphatic carbocycles. The molecule has 7 nitrogen and oxygen atoms in total. The number of rotatable bonds is 5. The highest BCUT2D eigenvalue weighted by Crippen LogP contribution is 2.49. The lowest BCUT2D eigenvalue weighted by atomic mass is 9.91. The number of nitrogens with zero attached hydrogens (tertiary/aromatic N) is 1. The second-order valence-corrected chi connectivity index (χ2v) is 7.57. The van der Waals surface area contributed by atoms with Gasteiger partial charge in [0.2, 0.25) is 0 Å². The van der Waals surface area contributed by atoms with Crippen LogP contribution in [0.15, 0.2) is 41.8 Å². The maximum absolute atomic E-state index is 13.4. The molecule has 1 aromatic carbocycles. The summed E-state index contributed by atoms with van der Waals surface area (Å²) in [5.41, 5.74) is -1.08. The molecule has 3 N–H and O–H groups in total. The van der Waals surface area contributed by atoms with Gasteiger partial charge in [0, 0.05) is 10.4 Å². The zero-order valence-corrected chi connectivity index (χ0v) is 15.3. The minimum absolute atomic E-state index is 0.282. The molecule has 3 atom stereocenters. The minimum Gasteiger partial charge on any atom is -0.481 e. The average Bonchev–Trinajstić information content (AvgIpc) is 3.27. The maximum atomic E-state index is 13.4. The number of carboxylic acids is 2. The number of carbonyl (C=O) groups is 3. The molecule has 0 saturated carbocycles. The maximum Gasteiger partial charge on any atom is 0.332 e. The molecule has 1 amide bonds. The van der Waals surface area contributed by atoms with Gasteiger partial charge in [-0.1, -0.05) is 24.3 Å². The van der Waals surface area contributed by atoms with E-state index >= 15 is 0 Å². The number of benzene rings is 1. The number of aryl methyl sites for hydroxylation is 1. The zero-order chi connectivity index (χ0) is 19.8. The topological polar surface area (TPSA) is 115 Å². The molecule has 8 heteroatoms. The van der Waals surface area contributed by atoms with Crippen LogP contribution < -0.4 is 0 Å². The summed E-state index contributed by atoms with van der Waals surface area (Å²) in [6.07, 6.45) is -0.367. The number of carbonyl (C=O) groups excluding carboxylic acids is 1. The van der Waals surface area contributed by atoms with E-state index < -0.39 is 42.0 Å². The Balaban J connectivity index is 2.22. The van der Waals surface area contributed by atoms with Gasteiger partial charge in [-0.3, -0.25) is 9.59 Å². The van der Waals surface area contributed by atoms with E-state index in [0.29, 0.717) is 10.4 Å². The summed E-state index contributed by atoms with van der Waals surface area (Å²) in [5.74, 6) is -4.36. The average molecular weight is 389 g/mol. The Labute approximate surface area is 159 Å². The first-order valence-electron chi connectivity index (χ1n) is 8.33. The standard InChI is InChI=1S/C19H19NO6S/c1-11-5-2-3-6-12(11)16(22)20-15(14-7-4-8-27-14)13(17(23)24)9-19(20,10-21)18(25)26/h2-8,13,15,21H,9-10H2,1H3,(H,23,24)(H,25,26). The lowest BCUT2D eigenvalue weighted by Crippen LogP contribution is -2.56. The van der Waals surface area contributed by atoms with E-state index in [1.54, 1.807) is 48.7 Å². The molecule has 142 valence electrons. The summed E-state index contributed by atoms with van der Waals surface area (Å²) >= 11 is 1.25. The lowest BCUT2D eigenvalue weighted by molar-refractivity contribution is -0.151. The summed E-state index contributed by atoms with van der Waals surface area (Å²) in [5, 5.41) is 31.3. The van der Waals surface area contributed by atoms with E-state index in [1.165, 1.54) is 11.3 Å². The van der Waals surface area contributed by atoms with Gasteiger partial charge in [0.1, 0.15) is 0 Å². The van der Waals surface area contributed by atoms with E-state index in [9.17, 15) is 29.7 Å². The van der Waals surface area contributed by atoms with Crippen LogP contribution in [0.2, 0.25) is 0 Å². The van der Waals surface area contributed by atoms with Crippen LogP contribution in [0.5, 0.6) is 0 Å². The minimum atomic E-state index is -2.00. The predicted molar refractivity (Wildman–Crippen MR) is 97.6 cm³/mol. The molecular formula is C19H19NO6S. The Bertz CT molecular complexity index is 880. The SMILES string of the molecule is Cc1ccccc1C(=O)N1C(c2cccs2)C(C(=O)O)CC1(CO)C(=O)O. The number of carboxylic acid groups (broad SMARTS) is 2. The second kappa shape index (κ2) is 7.13. The summed E-state index contributed by atoms with van der Waals surface area (Å²) < 4.78 is 0. The lowest BCUT2D eigenvalue weighted by Gasteiger charge is -2.36. The first-order chi connectivity index (χ1) is 12.8. The third kappa shape index (κ3) is 3.00. The Hall–Kier alpha value is -2.71. The smallest absolute Gasteiger partial charge is 0.332 e. The molecule has 1 aliphatic heterocycles. The van der Waals surface area contributed by atoms with Crippen LogP contribution in [-0.4, -0.2) is 50.2 Å². The Morgan fingerprint density at radius 3 is 2.41 bits per heavy atom. The van der Waals surface area contributed by atoms with Crippen molar-refractivity contribution >= 4 is 29.2 Å². The fourth-order valence-electron chi connectivity index (χ4n) is 3.69. The Kier molecular flexibility index (Phi) is 5.03. The van der Waals surface area contributed by atoms with Gasteiger partial charge in [0.25, 0.3) is 5.91 Å². The number of amides is 1. The number of hydrogen-bond donors (Lipinski definition) is 3. The van der Waals surface area contributed by atoms with Crippen molar-refractivity contribution < 1.29 is 29.7 Å². The number of aliphatic hydroxyl groups is 1. The molecule has 1 aliphatic rings. The van der Waals surface area contributed by atoms with Gasteiger partial charge in [-0.15, -0.1) is 11.3 Å². The molecule has 2 aromatic rings. The van der Waals surface area contributed by atoms with Gasteiger partial charge in [-0.2, -0.15) is 0 Å². The largest absolute Gasteiger partial charge is 0.481 e. The van der Waals surface area contributed by atoms with Gasteiger partial charge < -0.3 is 20.2 Å². The van der Waals surface area contributed by atoms with Crippen LogP contribution in [0.3, 0.4) is 0 Å². The van der Waals surface area contributed by atoms with Gasteiger partial charge >= 0.3 is 11.9 Å². The second-order valence-electron chi connectivity index (χ2n) is 6.59. The van der Waals surface area contributed by atoms with Gasteiger partial charge in [0.05, 0.1) is 18.6 Å². The van der Waals surface area contributed by atoms with Crippen LogP contribution in [0.1, 0.15) is 33.3 Å². The van der Waals surface area contributed by atoms with Gasteiger partial charge in [0.15, 0.2) is 5.54 Å².